The normalized spacial score (nSPS) is 23.0. The minimum absolute atomic E-state index is 0.108. The summed E-state index contributed by atoms with van der Waals surface area (Å²) < 4.78 is 48.0. The van der Waals surface area contributed by atoms with Gasteiger partial charge in [-0.3, -0.25) is 4.79 Å². The topological polar surface area (TPSA) is 75.9 Å². The summed E-state index contributed by atoms with van der Waals surface area (Å²) in [5, 5.41) is 10.4. The van der Waals surface area contributed by atoms with Crippen molar-refractivity contribution in [2.75, 3.05) is 49.6 Å². The van der Waals surface area contributed by atoms with Gasteiger partial charge in [-0.2, -0.15) is 18.4 Å². The molecule has 2 saturated heterocycles. The Morgan fingerprint density at radius 3 is 2.64 bits per heavy atom. The zero-order valence-corrected chi connectivity index (χ0v) is 24.3. The van der Waals surface area contributed by atoms with Gasteiger partial charge in [0, 0.05) is 49.0 Å². The summed E-state index contributed by atoms with van der Waals surface area (Å²) in [4.78, 5) is 25.1. The molecule has 1 aromatic heterocycles. The Morgan fingerprint density at radius 1 is 1.21 bits per heavy atom. The molecule has 0 saturated carbocycles. The van der Waals surface area contributed by atoms with Crippen molar-refractivity contribution < 1.29 is 22.7 Å². The highest BCUT2D eigenvalue weighted by Crippen LogP contribution is 2.42. The van der Waals surface area contributed by atoms with Crippen LogP contribution >= 0.6 is 0 Å². The molecule has 2 fully saturated rings. The molecule has 3 aliphatic rings. The second-order valence-electron chi connectivity index (χ2n) is 11.5. The number of alkyl halides is 3. The average molecular weight is 583 g/mol. The third-order valence-electron chi connectivity index (χ3n) is 8.77. The molecule has 8 nitrogen and oxygen atoms in total. The Kier molecular flexibility index (Phi) is 8.37. The number of carbonyl (C=O) groups excluding carboxylic acids is 1. The van der Waals surface area contributed by atoms with Crippen LogP contribution in [0.1, 0.15) is 49.1 Å². The van der Waals surface area contributed by atoms with Crippen molar-refractivity contribution in [2.45, 2.75) is 64.0 Å². The first-order chi connectivity index (χ1) is 20.0. The summed E-state index contributed by atoms with van der Waals surface area (Å²) in [6.07, 6.45) is -0.721. The van der Waals surface area contributed by atoms with E-state index in [1.807, 2.05) is 20.9 Å². The molecular weight excluding hydrogens is 545 g/mol. The number of piperazine rings is 1. The first kappa shape index (κ1) is 29.7. The number of pyridine rings is 1. The molecule has 4 heterocycles. The summed E-state index contributed by atoms with van der Waals surface area (Å²) in [6.45, 7) is 10.4. The lowest BCUT2D eigenvalue weighted by Gasteiger charge is -2.46. The van der Waals surface area contributed by atoms with Gasteiger partial charge in [0.2, 0.25) is 11.8 Å². The summed E-state index contributed by atoms with van der Waals surface area (Å²) in [5.41, 5.74) is 1.92. The van der Waals surface area contributed by atoms with E-state index in [2.05, 4.69) is 22.4 Å². The summed E-state index contributed by atoms with van der Waals surface area (Å²) >= 11 is 0. The van der Waals surface area contributed by atoms with E-state index >= 15 is 0 Å². The van der Waals surface area contributed by atoms with Crippen LogP contribution in [0.5, 0.6) is 5.88 Å². The van der Waals surface area contributed by atoms with E-state index < -0.39 is 11.7 Å². The van der Waals surface area contributed by atoms with Crippen LogP contribution in [0.2, 0.25) is 0 Å². The number of nitriles is 1. The lowest BCUT2D eigenvalue weighted by atomic mass is 9.95. The Hall–Kier alpha value is -3.78. The van der Waals surface area contributed by atoms with Crippen LogP contribution in [0, 0.1) is 11.3 Å². The van der Waals surface area contributed by atoms with Gasteiger partial charge in [0.05, 0.1) is 23.5 Å². The third-order valence-corrected chi connectivity index (χ3v) is 8.77. The molecule has 0 unspecified atom stereocenters. The second kappa shape index (κ2) is 11.8. The molecule has 2 aromatic rings. The Morgan fingerprint density at radius 2 is 1.98 bits per heavy atom. The minimum atomic E-state index is -4.49. The molecule has 224 valence electrons. The summed E-state index contributed by atoms with van der Waals surface area (Å²) in [5.74, 6) is 0.0666. The fraction of sp³-hybridized carbons (Fsp3) is 0.516. The smallest absolute Gasteiger partial charge is 0.418 e. The van der Waals surface area contributed by atoms with Gasteiger partial charge in [0.15, 0.2) is 0 Å². The quantitative estimate of drug-likeness (QED) is 0.460. The van der Waals surface area contributed by atoms with E-state index in [0.29, 0.717) is 49.6 Å². The van der Waals surface area contributed by atoms with Crippen molar-refractivity contribution in [1.82, 2.24) is 14.8 Å². The predicted octanol–water partition coefficient (Wildman–Crippen LogP) is 4.62. The number of hydrogen-bond acceptors (Lipinski definition) is 7. The van der Waals surface area contributed by atoms with Gasteiger partial charge in [-0.25, -0.2) is 4.98 Å². The molecule has 0 N–H and O–H groups in total. The van der Waals surface area contributed by atoms with Gasteiger partial charge in [-0.05, 0) is 64.9 Å². The molecule has 0 spiro atoms. The summed E-state index contributed by atoms with van der Waals surface area (Å²) in [7, 11) is 2.04. The van der Waals surface area contributed by atoms with Gasteiger partial charge in [0.1, 0.15) is 18.2 Å². The molecule has 42 heavy (non-hydrogen) atoms. The monoisotopic (exact) mass is 582 g/mol. The number of aromatic nitrogens is 1. The molecule has 1 amide bonds. The number of benzene rings is 1. The average Bonchev–Trinajstić information content (AvgIpc) is 3.39. The van der Waals surface area contributed by atoms with E-state index in [1.165, 1.54) is 18.2 Å². The van der Waals surface area contributed by atoms with Crippen molar-refractivity contribution in [3.8, 4) is 11.9 Å². The first-order valence-corrected chi connectivity index (χ1v) is 14.4. The predicted molar refractivity (Wildman–Crippen MR) is 154 cm³/mol. The molecule has 11 heteroatoms. The van der Waals surface area contributed by atoms with Crippen LogP contribution in [0.3, 0.4) is 0 Å². The fourth-order valence-corrected chi connectivity index (χ4v) is 6.48. The van der Waals surface area contributed by atoms with Gasteiger partial charge in [-0.1, -0.05) is 18.7 Å². The number of ether oxygens (including phenoxy) is 1. The van der Waals surface area contributed by atoms with Crippen LogP contribution in [0.4, 0.5) is 24.5 Å². The highest BCUT2D eigenvalue weighted by atomic mass is 19.4. The maximum absolute atomic E-state index is 13.9. The van der Waals surface area contributed by atoms with Crippen molar-refractivity contribution in [3.05, 3.63) is 59.3 Å². The first-order valence-electron chi connectivity index (χ1n) is 14.4. The molecule has 1 aromatic carbocycles. The van der Waals surface area contributed by atoms with Crippen LogP contribution in [0.25, 0.3) is 0 Å². The molecule has 3 aliphatic heterocycles. The zero-order chi connectivity index (χ0) is 30.2. The van der Waals surface area contributed by atoms with Gasteiger partial charge < -0.3 is 24.3 Å². The Bertz CT molecular complexity index is 1390. The van der Waals surface area contributed by atoms with Crippen LogP contribution < -0.4 is 14.5 Å². The second-order valence-corrected chi connectivity index (χ2v) is 11.5. The Labute approximate surface area is 245 Å². The number of likely N-dealkylation sites (N-methyl/N-ethyl adjacent to an activating group) is 1. The number of halogens is 3. The minimum Gasteiger partial charge on any atom is -0.475 e. The maximum Gasteiger partial charge on any atom is 0.418 e. The lowest BCUT2D eigenvalue weighted by Crippen LogP contribution is -2.58. The molecule has 3 atom stereocenters. The number of likely N-dealkylation sites (tertiary alicyclic amines) is 1. The largest absolute Gasteiger partial charge is 0.475 e. The Balaban J connectivity index is 1.56. The number of carbonyl (C=O) groups is 1. The van der Waals surface area contributed by atoms with Gasteiger partial charge >= 0.3 is 6.18 Å². The van der Waals surface area contributed by atoms with Crippen LogP contribution in [0.15, 0.2) is 36.9 Å². The van der Waals surface area contributed by atoms with Crippen LogP contribution in [-0.4, -0.2) is 78.7 Å². The highest BCUT2D eigenvalue weighted by molar-refractivity contribution is 5.87. The molecule has 0 aliphatic carbocycles. The zero-order valence-electron chi connectivity index (χ0n) is 24.3. The molecular formula is C31H37F3N6O2. The number of amides is 1. The third kappa shape index (κ3) is 5.64. The number of fused-ring (bicyclic) bond motifs is 1. The number of anilines is 2. The molecule has 5 rings (SSSR count). The molecule has 0 bridgehead atoms. The van der Waals surface area contributed by atoms with Gasteiger partial charge in [0.25, 0.3) is 0 Å². The van der Waals surface area contributed by atoms with E-state index in [1.54, 1.807) is 15.9 Å². The standard InChI is InChI=1S/C31H37F3N6O2/c1-5-28(41)39-16-21(3)40(17-20(39)2)29-23-12-14-38(27-11-7-6-10-25(27)31(32,33)34)18-26(23)36-30(24(29)15-35)42-19-22-9-8-13-37(22)4/h5-7,10-11,20-22H,1,8-9,12-14,16-19H2,2-4H3/t20-,21+,22+/m1/s1. The van der Waals surface area contributed by atoms with Crippen LogP contribution in [-0.2, 0) is 23.9 Å². The van der Waals surface area contributed by atoms with Crippen molar-refractivity contribution in [1.29, 1.82) is 5.26 Å². The van der Waals surface area contributed by atoms with E-state index in [4.69, 9.17) is 9.72 Å². The number of rotatable bonds is 6. The highest BCUT2D eigenvalue weighted by Gasteiger charge is 2.39. The van der Waals surface area contributed by atoms with Crippen molar-refractivity contribution in [3.63, 3.8) is 0 Å². The van der Waals surface area contributed by atoms with E-state index in [-0.39, 0.29) is 42.1 Å². The lowest BCUT2D eigenvalue weighted by molar-refractivity contribution is -0.137. The number of para-hydroxylation sites is 1. The van der Waals surface area contributed by atoms with Crippen molar-refractivity contribution >= 4 is 17.3 Å². The van der Waals surface area contributed by atoms with Gasteiger partial charge in [-0.15, -0.1) is 0 Å². The number of nitrogens with zero attached hydrogens (tertiary/aromatic N) is 6. The SMILES string of the molecule is C=CC(=O)N1C[C@H](C)N(c2c(C#N)c(OC[C@@H]3CCCN3C)nc3c2CCN(c2ccccc2C(F)(F)F)C3)C[C@H]1C. The van der Waals surface area contributed by atoms with E-state index in [0.717, 1.165) is 31.0 Å². The maximum atomic E-state index is 13.9. The van der Waals surface area contributed by atoms with Crippen molar-refractivity contribution in [2.24, 2.45) is 0 Å². The molecule has 0 radical (unpaired) electrons. The summed E-state index contributed by atoms with van der Waals surface area (Å²) in [6, 6.07) is 7.87. The van der Waals surface area contributed by atoms with E-state index in [9.17, 15) is 23.2 Å². The fourth-order valence-electron chi connectivity index (χ4n) is 6.48. The number of hydrogen-bond donors (Lipinski definition) is 0.